The summed E-state index contributed by atoms with van der Waals surface area (Å²) < 4.78 is 0. The van der Waals surface area contributed by atoms with Crippen molar-refractivity contribution in [1.82, 2.24) is 20.4 Å². The van der Waals surface area contributed by atoms with Crippen LogP contribution >= 0.6 is 0 Å². The summed E-state index contributed by atoms with van der Waals surface area (Å²) in [4.78, 5) is 6.27. The topological polar surface area (TPSA) is 106 Å². The largest absolute Gasteiger partial charge is 0.387 e. The standard InChI is InChI=1S/C12H21N7/c1-8-5-12(18-17-8)16-10(13)6-11(14)19-4-3-15-7-9(19)2/h5,9,14-15H,3-4,6-7H2,1-2H3,(H3,13,16,17,18). The molecule has 0 spiro atoms. The number of hydrogen-bond acceptors (Lipinski definition) is 4. The molecule has 0 radical (unpaired) electrons. The maximum Gasteiger partial charge on any atom is 0.175 e. The van der Waals surface area contributed by atoms with Crippen molar-refractivity contribution in [2.24, 2.45) is 10.7 Å². The van der Waals surface area contributed by atoms with Gasteiger partial charge in [0.2, 0.25) is 0 Å². The monoisotopic (exact) mass is 263 g/mol. The van der Waals surface area contributed by atoms with E-state index < -0.39 is 0 Å². The first-order valence-electron chi connectivity index (χ1n) is 6.46. The lowest BCUT2D eigenvalue weighted by molar-refractivity contribution is 0.270. The van der Waals surface area contributed by atoms with Gasteiger partial charge in [-0.1, -0.05) is 0 Å². The van der Waals surface area contributed by atoms with Crippen molar-refractivity contribution >= 4 is 17.5 Å². The Morgan fingerprint density at radius 3 is 3.11 bits per heavy atom. The van der Waals surface area contributed by atoms with Crippen LogP contribution in [-0.2, 0) is 0 Å². The summed E-state index contributed by atoms with van der Waals surface area (Å²) in [5.74, 6) is 1.50. The number of rotatable bonds is 3. The van der Waals surface area contributed by atoms with E-state index in [0.29, 0.717) is 30.0 Å². The Kier molecular flexibility index (Phi) is 4.16. The van der Waals surface area contributed by atoms with E-state index in [-0.39, 0.29) is 0 Å². The molecule has 0 saturated carbocycles. The normalized spacial score (nSPS) is 20.6. The maximum atomic E-state index is 8.12. The Morgan fingerprint density at radius 1 is 1.68 bits per heavy atom. The summed E-state index contributed by atoms with van der Waals surface area (Å²) in [7, 11) is 0. The summed E-state index contributed by atoms with van der Waals surface area (Å²) in [6.45, 7) is 6.66. The maximum absolute atomic E-state index is 8.12. The smallest absolute Gasteiger partial charge is 0.175 e. The highest BCUT2D eigenvalue weighted by atomic mass is 15.2. The van der Waals surface area contributed by atoms with Crippen molar-refractivity contribution in [2.75, 3.05) is 19.6 Å². The Labute approximate surface area is 112 Å². The summed E-state index contributed by atoms with van der Waals surface area (Å²) in [5.41, 5.74) is 6.82. The summed E-state index contributed by atoms with van der Waals surface area (Å²) >= 11 is 0. The van der Waals surface area contributed by atoms with Crippen LogP contribution in [0, 0.1) is 12.3 Å². The highest BCUT2D eigenvalue weighted by Gasteiger charge is 2.20. The van der Waals surface area contributed by atoms with Crippen molar-refractivity contribution < 1.29 is 0 Å². The number of aliphatic imine (C=N–C) groups is 1. The zero-order chi connectivity index (χ0) is 13.8. The molecule has 0 bridgehead atoms. The molecule has 1 saturated heterocycles. The number of nitrogens with one attached hydrogen (secondary N) is 3. The molecule has 2 heterocycles. The molecule has 1 fully saturated rings. The van der Waals surface area contributed by atoms with Crippen LogP contribution in [0.25, 0.3) is 0 Å². The van der Waals surface area contributed by atoms with Gasteiger partial charge in [-0.2, -0.15) is 5.10 Å². The third-order valence-electron chi connectivity index (χ3n) is 3.15. The van der Waals surface area contributed by atoms with E-state index in [1.807, 2.05) is 13.0 Å². The van der Waals surface area contributed by atoms with Crippen LogP contribution in [0.2, 0.25) is 0 Å². The quantitative estimate of drug-likeness (QED) is 0.467. The zero-order valence-electron chi connectivity index (χ0n) is 11.4. The number of nitrogens with zero attached hydrogens (tertiary/aromatic N) is 3. The molecule has 7 nitrogen and oxygen atoms in total. The molecule has 2 rings (SSSR count). The van der Waals surface area contributed by atoms with Crippen LogP contribution in [0.4, 0.5) is 5.82 Å². The molecule has 1 atom stereocenters. The van der Waals surface area contributed by atoms with Crippen LogP contribution in [0.15, 0.2) is 11.1 Å². The predicted molar refractivity (Wildman–Crippen MR) is 76.0 cm³/mol. The molecule has 1 unspecified atom stereocenters. The third-order valence-corrected chi connectivity index (χ3v) is 3.15. The highest BCUT2D eigenvalue weighted by molar-refractivity contribution is 6.01. The van der Waals surface area contributed by atoms with Crippen molar-refractivity contribution in [3.05, 3.63) is 11.8 Å². The third kappa shape index (κ3) is 3.54. The van der Waals surface area contributed by atoms with Crippen LogP contribution in [0.5, 0.6) is 0 Å². The van der Waals surface area contributed by atoms with Gasteiger partial charge in [0.15, 0.2) is 5.82 Å². The van der Waals surface area contributed by atoms with Gasteiger partial charge in [-0.3, -0.25) is 10.5 Å². The van der Waals surface area contributed by atoms with Gasteiger partial charge in [0.05, 0.1) is 6.42 Å². The van der Waals surface area contributed by atoms with Gasteiger partial charge >= 0.3 is 0 Å². The number of aromatic nitrogens is 2. The van der Waals surface area contributed by atoms with Crippen LogP contribution < -0.4 is 11.1 Å². The second-order valence-corrected chi connectivity index (χ2v) is 4.88. The molecular formula is C12H21N7. The van der Waals surface area contributed by atoms with Crippen LogP contribution in [0.1, 0.15) is 19.0 Å². The van der Waals surface area contributed by atoms with Crippen molar-refractivity contribution in [2.45, 2.75) is 26.3 Å². The number of nitrogens with two attached hydrogens (primary N) is 1. The summed E-state index contributed by atoms with van der Waals surface area (Å²) in [6, 6.07) is 2.14. The minimum absolute atomic E-state index is 0.321. The molecular weight excluding hydrogens is 242 g/mol. The van der Waals surface area contributed by atoms with E-state index in [1.165, 1.54) is 0 Å². The molecule has 104 valence electrons. The fourth-order valence-electron chi connectivity index (χ4n) is 2.16. The first-order valence-corrected chi connectivity index (χ1v) is 6.46. The van der Waals surface area contributed by atoms with E-state index in [9.17, 15) is 0 Å². The lowest BCUT2D eigenvalue weighted by atomic mass is 10.2. The van der Waals surface area contributed by atoms with E-state index in [4.69, 9.17) is 11.1 Å². The Balaban J connectivity index is 1.96. The van der Waals surface area contributed by atoms with Gasteiger partial charge in [0.25, 0.3) is 0 Å². The predicted octanol–water partition coefficient (Wildman–Crippen LogP) is 0.368. The second kappa shape index (κ2) is 5.83. The first kappa shape index (κ1) is 13.5. The SMILES string of the molecule is Cc1cc(N=C(N)CC(=N)N2CCNCC2C)n[nH]1. The Bertz CT molecular complexity index is 476. The average Bonchev–Trinajstić information content (AvgIpc) is 2.74. The number of aryl methyl sites for hydroxylation is 1. The fourth-order valence-corrected chi connectivity index (χ4v) is 2.16. The molecule has 1 aromatic heterocycles. The van der Waals surface area contributed by atoms with Crippen molar-refractivity contribution in [3.63, 3.8) is 0 Å². The fraction of sp³-hybridized carbons (Fsp3) is 0.583. The first-order chi connectivity index (χ1) is 9.06. The van der Waals surface area contributed by atoms with E-state index in [2.05, 4.69) is 32.3 Å². The minimum atomic E-state index is 0.321. The van der Waals surface area contributed by atoms with Gasteiger partial charge in [0, 0.05) is 37.4 Å². The van der Waals surface area contributed by atoms with Gasteiger partial charge in [-0.25, -0.2) is 4.99 Å². The van der Waals surface area contributed by atoms with Crippen molar-refractivity contribution in [1.29, 1.82) is 5.41 Å². The molecule has 1 aliphatic heterocycles. The van der Waals surface area contributed by atoms with E-state index in [1.54, 1.807) is 0 Å². The van der Waals surface area contributed by atoms with Gasteiger partial charge in [-0.15, -0.1) is 0 Å². The highest BCUT2D eigenvalue weighted by Crippen LogP contribution is 2.10. The molecule has 0 aliphatic carbocycles. The molecule has 1 aliphatic rings. The van der Waals surface area contributed by atoms with Crippen molar-refractivity contribution in [3.8, 4) is 0 Å². The molecule has 5 N–H and O–H groups in total. The van der Waals surface area contributed by atoms with Gasteiger partial charge < -0.3 is 16.0 Å². The second-order valence-electron chi connectivity index (χ2n) is 4.88. The minimum Gasteiger partial charge on any atom is -0.387 e. The Morgan fingerprint density at radius 2 is 2.47 bits per heavy atom. The van der Waals surface area contributed by atoms with Gasteiger partial charge in [-0.05, 0) is 13.8 Å². The number of piperazine rings is 1. The number of amidine groups is 2. The Hall–Kier alpha value is -1.89. The number of hydrogen-bond donors (Lipinski definition) is 4. The van der Waals surface area contributed by atoms with E-state index >= 15 is 0 Å². The molecule has 7 heteroatoms. The molecule has 19 heavy (non-hydrogen) atoms. The molecule has 0 aromatic carbocycles. The van der Waals surface area contributed by atoms with Crippen LogP contribution in [-0.4, -0.2) is 52.4 Å². The van der Waals surface area contributed by atoms with Gasteiger partial charge in [0.1, 0.15) is 11.7 Å². The van der Waals surface area contributed by atoms with E-state index in [0.717, 1.165) is 25.3 Å². The summed E-state index contributed by atoms with van der Waals surface area (Å²) in [6.07, 6.45) is 0.357. The average molecular weight is 263 g/mol. The van der Waals surface area contributed by atoms with Crippen LogP contribution in [0.3, 0.4) is 0 Å². The molecule has 1 aromatic rings. The number of H-pyrrole nitrogens is 1. The summed E-state index contributed by atoms with van der Waals surface area (Å²) in [5, 5.41) is 18.2. The lowest BCUT2D eigenvalue weighted by Crippen LogP contribution is -2.52. The zero-order valence-corrected chi connectivity index (χ0v) is 11.4. The molecule has 0 amide bonds. The lowest BCUT2D eigenvalue weighted by Gasteiger charge is -2.35. The number of aromatic amines is 1.